The van der Waals surface area contributed by atoms with Crippen LogP contribution in [0.4, 0.5) is 0 Å². The van der Waals surface area contributed by atoms with Crippen LogP contribution < -0.4 is 0 Å². The number of aromatic nitrogens is 7. The number of hydrogen-bond acceptors (Lipinski definition) is 7. The van der Waals surface area contributed by atoms with Gasteiger partial charge in [-0.05, 0) is 25.5 Å². The number of fused-ring (bicyclic) bond motifs is 1. The van der Waals surface area contributed by atoms with E-state index in [4.69, 9.17) is 14.5 Å². The van der Waals surface area contributed by atoms with Crippen LogP contribution in [0, 0.1) is 6.92 Å². The maximum absolute atomic E-state index is 12.2. The van der Waals surface area contributed by atoms with E-state index < -0.39 is 5.97 Å². The molecule has 10 nitrogen and oxygen atoms in total. The van der Waals surface area contributed by atoms with E-state index >= 15 is 0 Å². The molecule has 1 aliphatic heterocycles. The summed E-state index contributed by atoms with van der Waals surface area (Å²) >= 11 is 0. The van der Waals surface area contributed by atoms with Crippen LogP contribution in [0.2, 0.25) is 0 Å². The van der Waals surface area contributed by atoms with E-state index in [0.29, 0.717) is 18.1 Å². The lowest BCUT2D eigenvalue weighted by molar-refractivity contribution is -0.0606. The van der Waals surface area contributed by atoms with Gasteiger partial charge in [0.25, 0.3) is 0 Å². The maximum Gasteiger partial charge on any atom is 0.356 e. The summed E-state index contributed by atoms with van der Waals surface area (Å²) in [6.07, 6.45) is 4.90. The third-order valence-corrected chi connectivity index (χ3v) is 5.56. The lowest BCUT2D eigenvalue weighted by Crippen LogP contribution is -2.31. The molecule has 0 aromatic carbocycles. The monoisotopic (exact) mass is 421 g/mol. The number of methoxy groups -OCH3 is 1. The number of aryl methyl sites for hydroxylation is 3. The van der Waals surface area contributed by atoms with Gasteiger partial charge >= 0.3 is 5.97 Å². The minimum atomic E-state index is -0.506. The van der Waals surface area contributed by atoms with Crippen LogP contribution in [0.1, 0.15) is 22.6 Å². The molecule has 1 unspecified atom stereocenters. The first-order valence-corrected chi connectivity index (χ1v) is 10.1. The summed E-state index contributed by atoms with van der Waals surface area (Å²) in [5, 5.41) is 9.76. The minimum Gasteiger partial charge on any atom is -0.464 e. The smallest absolute Gasteiger partial charge is 0.356 e. The quantitative estimate of drug-likeness (QED) is 0.455. The summed E-state index contributed by atoms with van der Waals surface area (Å²) in [5.74, 6) is 0.122. The van der Waals surface area contributed by atoms with Crippen molar-refractivity contribution in [1.29, 1.82) is 0 Å². The molecule has 5 rings (SSSR count). The molecule has 0 saturated carbocycles. The Morgan fingerprint density at radius 1 is 1.29 bits per heavy atom. The topological polar surface area (TPSA) is 102 Å². The molecule has 1 atom stereocenters. The van der Waals surface area contributed by atoms with Crippen molar-refractivity contribution in [1.82, 2.24) is 34.1 Å². The Hall–Kier alpha value is -3.53. The second-order valence-electron chi connectivity index (χ2n) is 7.74. The zero-order valence-corrected chi connectivity index (χ0v) is 17.9. The van der Waals surface area contributed by atoms with Gasteiger partial charge in [0.1, 0.15) is 11.4 Å². The maximum atomic E-state index is 12.2. The fourth-order valence-electron chi connectivity index (χ4n) is 3.84. The summed E-state index contributed by atoms with van der Waals surface area (Å²) in [7, 11) is 5.06. The molecule has 0 radical (unpaired) electrons. The number of ether oxygens (including phenoxy) is 2. The Kier molecular flexibility index (Phi) is 4.58. The van der Waals surface area contributed by atoms with Crippen molar-refractivity contribution in [2.45, 2.75) is 26.0 Å². The molecule has 1 saturated heterocycles. The van der Waals surface area contributed by atoms with Gasteiger partial charge in [-0.3, -0.25) is 9.36 Å². The van der Waals surface area contributed by atoms with Gasteiger partial charge in [0.2, 0.25) is 0 Å². The standard InChI is InChI=1S/C21H23N7O3/c1-12-7-18(28(25-12)10-13-5-6-31-13)16-11-26(2)20(24-16)19-14-9-22-27(3)17(14)8-15(23-19)21(29)30-4/h7-9,11,13H,5-6,10H2,1-4H3. The number of carbonyl (C=O) groups excluding carboxylic acids is 1. The Bertz CT molecular complexity index is 1300. The van der Waals surface area contributed by atoms with Gasteiger partial charge in [0.05, 0.1) is 42.9 Å². The zero-order chi connectivity index (χ0) is 21.7. The Morgan fingerprint density at radius 2 is 2.10 bits per heavy atom. The lowest BCUT2D eigenvalue weighted by atomic mass is 10.2. The average molecular weight is 421 g/mol. The lowest BCUT2D eigenvalue weighted by Gasteiger charge is -2.26. The Morgan fingerprint density at radius 3 is 2.81 bits per heavy atom. The molecular weight excluding hydrogens is 398 g/mol. The fourth-order valence-corrected chi connectivity index (χ4v) is 3.84. The van der Waals surface area contributed by atoms with Crippen molar-refractivity contribution < 1.29 is 14.3 Å². The molecule has 0 bridgehead atoms. The van der Waals surface area contributed by atoms with Crippen molar-refractivity contribution >= 4 is 16.9 Å². The average Bonchev–Trinajstić information content (AvgIpc) is 3.40. The molecule has 10 heteroatoms. The third-order valence-electron chi connectivity index (χ3n) is 5.56. The van der Waals surface area contributed by atoms with Gasteiger partial charge in [-0.25, -0.2) is 14.8 Å². The second-order valence-corrected chi connectivity index (χ2v) is 7.74. The van der Waals surface area contributed by atoms with E-state index in [9.17, 15) is 4.79 Å². The Labute approximate surface area is 178 Å². The highest BCUT2D eigenvalue weighted by atomic mass is 16.5. The van der Waals surface area contributed by atoms with Crippen LogP contribution >= 0.6 is 0 Å². The van der Waals surface area contributed by atoms with Crippen LogP contribution in [0.25, 0.3) is 33.8 Å². The van der Waals surface area contributed by atoms with Gasteiger partial charge in [0.15, 0.2) is 11.5 Å². The highest BCUT2D eigenvalue weighted by molar-refractivity contribution is 5.97. The van der Waals surface area contributed by atoms with Gasteiger partial charge in [0, 0.05) is 32.3 Å². The number of hydrogen-bond donors (Lipinski definition) is 0. The summed E-state index contributed by atoms with van der Waals surface area (Å²) in [4.78, 5) is 21.6. The minimum absolute atomic E-state index is 0.189. The number of nitrogens with zero attached hydrogens (tertiary/aromatic N) is 7. The molecule has 1 aliphatic rings. The highest BCUT2D eigenvalue weighted by Gasteiger charge is 2.24. The predicted octanol–water partition coefficient (Wildman–Crippen LogP) is 2.12. The van der Waals surface area contributed by atoms with Gasteiger partial charge in [-0.2, -0.15) is 10.2 Å². The number of carbonyl (C=O) groups is 1. The molecule has 5 heterocycles. The summed E-state index contributed by atoms with van der Waals surface area (Å²) in [6, 6.07) is 3.70. The van der Waals surface area contributed by atoms with E-state index in [1.807, 2.05) is 42.5 Å². The summed E-state index contributed by atoms with van der Waals surface area (Å²) < 4.78 is 16.0. The van der Waals surface area contributed by atoms with Gasteiger partial charge in [-0.15, -0.1) is 0 Å². The highest BCUT2D eigenvalue weighted by Crippen LogP contribution is 2.30. The van der Waals surface area contributed by atoms with Crippen molar-refractivity contribution in [3.05, 3.63) is 35.9 Å². The van der Waals surface area contributed by atoms with E-state index in [0.717, 1.165) is 41.0 Å². The SMILES string of the molecule is COC(=O)c1cc2c(cnn2C)c(-c2nc(-c3cc(C)nn3CC3CCO3)cn2C)n1. The summed E-state index contributed by atoms with van der Waals surface area (Å²) in [5.41, 5.74) is 4.17. The van der Waals surface area contributed by atoms with Crippen molar-refractivity contribution in [3.63, 3.8) is 0 Å². The van der Waals surface area contributed by atoms with Crippen molar-refractivity contribution in [3.8, 4) is 22.9 Å². The third kappa shape index (κ3) is 3.28. The molecule has 0 N–H and O–H groups in total. The van der Waals surface area contributed by atoms with Crippen molar-refractivity contribution in [2.75, 3.05) is 13.7 Å². The van der Waals surface area contributed by atoms with E-state index in [2.05, 4.69) is 15.2 Å². The van der Waals surface area contributed by atoms with Crippen molar-refractivity contribution in [2.24, 2.45) is 14.1 Å². The Balaban J connectivity index is 1.63. The van der Waals surface area contributed by atoms with E-state index in [-0.39, 0.29) is 11.8 Å². The first-order chi connectivity index (χ1) is 14.9. The normalized spacial score (nSPS) is 15.9. The molecule has 1 fully saturated rings. The molecule has 160 valence electrons. The first-order valence-electron chi connectivity index (χ1n) is 10.1. The fraction of sp³-hybridized carbons (Fsp3) is 0.381. The van der Waals surface area contributed by atoms with Crippen LogP contribution in [-0.2, 0) is 30.1 Å². The zero-order valence-electron chi connectivity index (χ0n) is 17.9. The predicted molar refractivity (Wildman–Crippen MR) is 112 cm³/mol. The van der Waals surface area contributed by atoms with Gasteiger partial charge in [-0.1, -0.05) is 0 Å². The molecule has 4 aromatic rings. The number of esters is 1. The molecule has 4 aromatic heterocycles. The van der Waals surface area contributed by atoms with E-state index in [1.165, 1.54) is 7.11 Å². The largest absolute Gasteiger partial charge is 0.464 e. The molecule has 31 heavy (non-hydrogen) atoms. The molecular formula is C21H23N7O3. The number of imidazole rings is 1. The second kappa shape index (κ2) is 7.31. The molecule has 0 aliphatic carbocycles. The van der Waals surface area contributed by atoms with Crippen LogP contribution in [-0.4, -0.2) is 59.9 Å². The number of pyridine rings is 1. The first kappa shape index (κ1) is 19.4. The van der Waals surface area contributed by atoms with Gasteiger partial charge < -0.3 is 14.0 Å². The van der Waals surface area contributed by atoms with Crippen LogP contribution in [0.15, 0.2) is 24.5 Å². The molecule has 0 spiro atoms. The van der Waals surface area contributed by atoms with Crippen LogP contribution in [0.5, 0.6) is 0 Å². The number of rotatable bonds is 5. The summed E-state index contributed by atoms with van der Waals surface area (Å²) in [6.45, 7) is 3.46. The molecule has 0 amide bonds. The van der Waals surface area contributed by atoms with E-state index in [1.54, 1.807) is 16.9 Å². The van der Waals surface area contributed by atoms with Crippen LogP contribution in [0.3, 0.4) is 0 Å².